The molecule has 2 aromatic heterocycles. The Morgan fingerprint density at radius 3 is 1.79 bits per heavy atom. The Morgan fingerprint density at radius 2 is 1.28 bits per heavy atom. The van der Waals surface area contributed by atoms with Crippen molar-refractivity contribution in [2.45, 2.75) is 27.3 Å². The predicted molar refractivity (Wildman–Crippen MR) is 202 cm³/mol. The van der Waals surface area contributed by atoms with Crippen LogP contribution in [0.1, 0.15) is 15.9 Å². The number of ether oxygens (including phenoxy) is 2. The van der Waals surface area contributed by atoms with Crippen molar-refractivity contribution < 1.29 is 52.9 Å². The zero-order valence-corrected chi connectivity index (χ0v) is 32.4. The van der Waals surface area contributed by atoms with E-state index in [-0.39, 0.29) is 33.3 Å². The average Bonchev–Trinajstić information content (AvgIpc) is 3.87. The van der Waals surface area contributed by atoms with Crippen LogP contribution >= 0.6 is 0 Å². The number of carbonyl (C=O) groups excluding carboxylic acids is 1. The zero-order chi connectivity index (χ0) is 41.4. The van der Waals surface area contributed by atoms with Crippen LogP contribution in [-0.4, -0.2) is 86.5 Å². The summed E-state index contributed by atoms with van der Waals surface area (Å²) in [5.74, 6) is -1.58. The fraction of sp³-hybridized carbons (Fsp3) is 0.139. The molecule has 6 aromatic rings. The standard InChI is InChI=1S/C36H31F2N7O10S3/c1-54-36(46)32-15-28(11-13-33(32)41-56(47,48)30-16-39-44(21-30)26-7-3-24(37)4-8-26)55-29-19-43(20-29)18-23-2-12-34(35(14-23)58(51,52)53)42-57(49,50)31-17-40-45(22-31)27-9-5-25(38)6-10-27/h2-17,21-22,29,41-42H,18-20H2,1H3,(H,51,52,53). The second kappa shape index (κ2) is 15.6. The van der Waals surface area contributed by atoms with Gasteiger partial charge in [-0.15, -0.1) is 0 Å². The lowest BCUT2D eigenvalue weighted by Crippen LogP contribution is -2.53. The molecule has 0 radical (unpaired) electrons. The summed E-state index contributed by atoms with van der Waals surface area (Å²) in [4.78, 5) is 13.3. The van der Waals surface area contributed by atoms with Gasteiger partial charge in [0, 0.05) is 19.6 Å². The van der Waals surface area contributed by atoms with Crippen molar-refractivity contribution in [2.24, 2.45) is 0 Å². The van der Waals surface area contributed by atoms with Gasteiger partial charge in [-0.3, -0.25) is 18.9 Å². The molecule has 0 spiro atoms. The van der Waals surface area contributed by atoms with E-state index < -0.39 is 64.5 Å². The first-order valence-corrected chi connectivity index (χ1v) is 21.3. The number of hydrogen-bond donors (Lipinski definition) is 3. The van der Waals surface area contributed by atoms with Crippen LogP contribution in [0, 0.1) is 11.6 Å². The van der Waals surface area contributed by atoms with E-state index in [0.29, 0.717) is 30.0 Å². The van der Waals surface area contributed by atoms with Gasteiger partial charge in [0.25, 0.3) is 30.2 Å². The number of rotatable bonds is 14. The lowest BCUT2D eigenvalue weighted by atomic mass is 10.1. The molecule has 4 aromatic carbocycles. The Balaban J connectivity index is 0.991. The van der Waals surface area contributed by atoms with Crippen molar-refractivity contribution in [1.29, 1.82) is 0 Å². The number of anilines is 2. The number of carbonyl (C=O) groups is 1. The highest BCUT2D eigenvalue weighted by molar-refractivity contribution is 7.93. The molecule has 17 nitrogen and oxygen atoms in total. The maximum Gasteiger partial charge on any atom is 0.340 e. The third-order valence-electron chi connectivity index (χ3n) is 8.76. The van der Waals surface area contributed by atoms with Crippen molar-refractivity contribution >= 4 is 47.5 Å². The van der Waals surface area contributed by atoms with Gasteiger partial charge in [0.2, 0.25) is 0 Å². The van der Waals surface area contributed by atoms with Crippen LogP contribution < -0.4 is 14.2 Å². The van der Waals surface area contributed by atoms with E-state index in [2.05, 4.69) is 19.6 Å². The van der Waals surface area contributed by atoms with E-state index >= 15 is 0 Å². The Bertz CT molecular complexity index is 2850. The molecule has 58 heavy (non-hydrogen) atoms. The number of esters is 1. The molecule has 3 heterocycles. The van der Waals surface area contributed by atoms with Gasteiger partial charge in [0.1, 0.15) is 38.2 Å². The van der Waals surface area contributed by atoms with Gasteiger partial charge < -0.3 is 9.47 Å². The predicted octanol–water partition coefficient (Wildman–Crippen LogP) is 4.23. The van der Waals surface area contributed by atoms with Gasteiger partial charge in [-0.25, -0.2) is 39.8 Å². The average molecular weight is 856 g/mol. The summed E-state index contributed by atoms with van der Waals surface area (Å²) in [6.45, 7) is 0.868. The third-order valence-corrected chi connectivity index (χ3v) is 12.3. The summed E-state index contributed by atoms with van der Waals surface area (Å²) in [7, 11) is -12.4. The van der Waals surface area contributed by atoms with E-state index in [9.17, 15) is 43.4 Å². The minimum Gasteiger partial charge on any atom is -0.488 e. The van der Waals surface area contributed by atoms with Gasteiger partial charge in [-0.05, 0) is 84.4 Å². The molecule has 0 saturated carbocycles. The molecule has 22 heteroatoms. The maximum atomic E-state index is 13.3. The molecule has 1 aliphatic rings. The first-order valence-electron chi connectivity index (χ1n) is 16.9. The molecular weight excluding hydrogens is 825 g/mol. The Morgan fingerprint density at radius 1 is 0.759 bits per heavy atom. The van der Waals surface area contributed by atoms with Crippen molar-refractivity contribution in [1.82, 2.24) is 24.5 Å². The first-order chi connectivity index (χ1) is 27.5. The summed E-state index contributed by atoms with van der Waals surface area (Å²) < 4.78 is 132. The summed E-state index contributed by atoms with van der Waals surface area (Å²) >= 11 is 0. The van der Waals surface area contributed by atoms with E-state index in [1.54, 1.807) is 0 Å². The van der Waals surface area contributed by atoms with Crippen molar-refractivity contribution in [2.75, 3.05) is 29.6 Å². The van der Waals surface area contributed by atoms with Crippen LogP contribution in [0.2, 0.25) is 0 Å². The summed E-state index contributed by atoms with van der Waals surface area (Å²) in [5.41, 5.74) is 0.582. The molecule has 1 aliphatic heterocycles. The molecule has 0 atom stereocenters. The topological polar surface area (TPSA) is 221 Å². The minimum atomic E-state index is -4.91. The fourth-order valence-electron chi connectivity index (χ4n) is 5.87. The normalized spacial score (nSPS) is 13.8. The second-order valence-electron chi connectivity index (χ2n) is 12.8. The van der Waals surface area contributed by atoms with E-state index in [4.69, 9.17) is 9.47 Å². The van der Waals surface area contributed by atoms with E-state index in [1.165, 1.54) is 94.4 Å². The minimum absolute atomic E-state index is 0.0931. The van der Waals surface area contributed by atoms with Crippen molar-refractivity contribution in [3.8, 4) is 17.1 Å². The number of nitrogens with zero attached hydrogens (tertiary/aromatic N) is 5. The van der Waals surface area contributed by atoms with Gasteiger partial charge in [0.15, 0.2) is 0 Å². The number of hydrogen-bond acceptors (Lipinski definition) is 12. The third kappa shape index (κ3) is 8.84. The zero-order valence-electron chi connectivity index (χ0n) is 29.9. The van der Waals surface area contributed by atoms with Gasteiger partial charge >= 0.3 is 5.97 Å². The van der Waals surface area contributed by atoms with Crippen molar-refractivity contribution in [3.05, 3.63) is 132 Å². The number of likely N-dealkylation sites (tertiary alicyclic amines) is 1. The summed E-state index contributed by atoms with van der Waals surface area (Å²) in [6, 6.07) is 18.3. The smallest absolute Gasteiger partial charge is 0.340 e. The lowest BCUT2D eigenvalue weighted by Gasteiger charge is -2.39. The first kappa shape index (κ1) is 40.0. The van der Waals surface area contributed by atoms with Gasteiger partial charge in [-0.1, -0.05) is 6.07 Å². The van der Waals surface area contributed by atoms with Crippen LogP contribution in [0.3, 0.4) is 0 Å². The number of aromatic nitrogens is 4. The van der Waals surface area contributed by atoms with Crippen molar-refractivity contribution in [3.63, 3.8) is 0 Å². The lowest BCUT2D eigenvalue weighted by molar-refractivity contribution is 0.0144. The van der Waals surface area contributed by atoms with Crippen LogP contribution in [-0.2, 0) is 41.4 Å². The molecule has 3 N–H and O–H groups in total. The number of methoxy groups -OCH3 is 1. The van der Waals surface area contributed by atoms with Gasteiger partial charge in [-0.2, -0.15) is 18.6 Å². The molecule has 1 saturated heterocycles. The summed E-state index contributed by atoms with van der Waals surface area (Å²) in [5, 5.41) is 8.01. The molecule has 0 amide bonds. The molecule has 302 valence electrons. The molecule has 0 aliphatic carbocycles. The largest absolute Gasteiger partial charge is 0.488 e. The van der Waals surface area contributed by atoms with Crippen LogP contribution in [0.5, 0.6) is 5.75 Å². The maximum absolute atomic E-state index is 13.3. The quantitative estimate of drug-likeness (QED) is 0.103. The van der Waals surface area contributed by atoms with Crippen LogP contribution in [0.15, 0.2) is 124 Å². The molecule has 7 rings (SSSR count). The number of halogens is 2. The Kier molecular flexibility index (Phi) is 10.8. The van der Waals surface area contributed by atoms with E-state index in [1.807, 2.05) is 4.90 Å². The SMILES string of the molecule is COC(=O)c1cc(OC2CN(Cc3ccc(NS(=O)(=O)c4cnn(-c5ccc(F)cc5)c4)c(S(=O)(=O)O)c3)C2)ccc1NS(=O)(=O)c1cnn(-c2ccc(F)cc2)c1. The highest BCUT2D eigenvalue weighted by Gasteiger charge is 2.30. The highest BCUT2D eigenvalue weighted by atomic mass is 32.2. The Hall–Kier alpha value is -6.20. The molecule has 0 unspecified atom stereocenters. The number of benzene rings is 4. The van der Waals surface area contributed by atoms with Gasteiger partial charge in [0.05, 0.1) is 60.2 Å². The highest BCUT2D eigenvalue weighted by Crippen LogP contribution is 2.30. The van der Waals surface area contributed by atoms with Crippen LogP contribution in [0.4, 0.5) is 20.2 Å². The number of nitrogens with one attached hydrogen (secondary N) is 2. The second-order valence-corrected chi connectivity index (χ2v) is 17.6. The molecular formula is C36H31F2N7O10S3. The monoisotopic (exact) mass is 855 g/mol. The summed E-state index contributed by atoms with van der Waals surface area (Å²) in [6.07, 6.45) is 4.11. The molecule has 0 bridgehead atoms. The van der Waals surface area contributed by atoms with E-state index in [0.717, 1.165) is 31.8 Å². The van der Waals surface area contributed by atoms with Crippen LogP contribution in [0.25, 0.3) is 11.4 Å². The fourth-order valence-corrected chi connectivity index (χ4v) is 8.65. The number of sulfonamides is 2. The molecule has 1 fully saturated rings. The Labute approximate surface area is 330 Å².